The fourth-order valence-corrected chi connectivity index (χ4v) is 8.56. The quantitative estimate of drug-likeness (QED) is 0.316. The Hall–Kier alpha value is -4.58. The summed E-state index contributed by atoms with van der Waals surface area (Å²) in [5.41, 5.74) is 6.25. The topological polar surface area (TPSA) is 74.8 Å². The molecule has 4 amide bonds. The Morgan fingerprint density at radius 1 is 0.595 bits per heavy atom. The summed E-state index contributed by atoms with van der Waals surface area (Å²) in [7, 11) is 0. The average molecular weight is 555 g/mol. The lowest BCUT2D eigenvalue weighted by Crippen LogP contribution is -2.51. The molecule has 6 nitrogen and oxygen atoms in total. The molecule has 3 aromatic rings. The van der Waals surface area contributed by atoms with Crippen LogP contribution in [-0.2, 0) is 19.2 Å². The van der Waals surface area contributed by atoms with Gasteiger partial charge in [0, 0.05) is 11.8 Å². The standard InChI is InChI=1S/C36H30N2O4/c1-19-8-6-12-22(16-19)37-33(39)27-18-26(21-10-4-3-5-11-21)28-24-14-15-25(29(28)32(27)36(37)42)31-30(24)34(40)38(35(31)41)23-13-7-9-20(2)17-23/h3-17,24-25,27,29-32H,18H2,1-2H3/t24-,25+,27+,29+,30-,31-,32-/m1/s1. The third-order valence-corrected chi connectivity index (χ3v) is 10.2. The van der Waals surface area contributed by atoms with Gasteiger partial charge in [-0.25, -0.2) is 4.90 Å². The van der Waals surface area contributed by atoms with Crippen LogP contribution in [0.15, 0.2) is 96.6 Å². The Morgan fingerprint density at radius 2 is 1.19 bits per heavy atom. The lowest BCUT2D eigenvalue weighted by atomic mass is 9.49. The molecule has 2 heterocycles. The Bertz CT molecular complexity index is 1770. The molecule has 2 aliphatic heterocycles. The molecule has 2 saturated heterocycles. The first-order valence-corrected chi connectivity index (χ1v) is 14.7. The minimum absolute atomic E-state index is 0.175. The lowest BCUT2D eigenvalue weighted by Gasteiger charge is -2.51. The number of amides is 4. The van der Waals surface area contributed by atoms with Gasteiger partial charge in [0.15, 0.2) is 0 Å². The van der Waals surface area contributed by atoms with Crippen molar-refractivity contribution >= 4 is 40.6 Å². The van der Waals surface area contributed by atoms with Gasteiger partial charge in [-0.2, -0.15) is 0 Å². The van der Waals surface area contributed by atoms with Gasteiger partial charge in [-0.15, -0.1) is 0 Å². The zero-order valence-corrected chi connectivity index (χ0v) is 23.4. The van der Waals surface area contributed by atoms with E-state index in [1.807, 2.05) is 92.7 Å². The van der Waals surface area contributed by atoms with Gasteiger partial charge in [-0.1, -0.05) is 72.3 Å². The number of aryl methyl sites for hydroxylation is 2. The van der Waals surface area contributed by atoms with Crippen LogP contribution in [0.2, 0.25) is 0 Å². The van der Waals surface area contributed by atoms with E-state index in [0.717, 1.165) is 27.8 Å². The largest absolute Gasteiger partial charge is 0.274 e. The maximum absolute atomic E-state index is 14.3. The van der Waals surface area contributed by atoms with Crippen LogP contribution in [0.3, 0.4) is 0 Å². The Morgan fingerprint density at radius 3 is 1.83 bits per heavy atom. The van der Waals surface area contributed by atoms with Crippen molar-refractivity contribution in [1.82, 2.24) is 0 Å². The molecule has 3 fully saturated rings. The van der Waals surface area contributed by atoms with Gasteiger partial charge >= 0.3 is 0 Å². The number of carbonyl (C=O) groups is 4. The van der Waals surface area contributed by atoms with Crippen molar-refractivity contribution in [2.45, 2.75) is 20.3 Å². The molecule has 0 spiro atoms. The van der Waals surface area contributed by atoms with Gasteiger partial charge in [-0.3, -0.25) is 24.1 Å². The number of imide groups is 2. The highest BCUT2D eigenvalue weighted by Crippen LogP contribution is 2.63. The van der Waals surface area contributed by atoms with Crippen molar-refractivity contribution in [1.29, 1.82) is 0 Å². The van der Waals surface area contributed by atoms with E-state index in [1.54, 1.807) is 0 Å². The summed E-state index contributed by atoms with van der Waals surface area (Å²) in [6, 6.07) is 25.0. The smallest absolute Gasteiger partial charge is 0.238 e. The highest BCUT2D eigenvalue weighted by Gasteiger charge is 2.67. The molecule has 6 aliphatic rings. The summed E-state index contributed by atoms with van der Waals surface area (Å²) >= 11 is 0. The summed E-state index contributed by atoms with van der Waals surface area (Å²) in [5, 5.41) is 0. The zero-order chi connectivity index (χ0) is 28.9. The third-order valence-electron chi connectivity index (χ3n) is 10.2. The van der Waals surface area contributed by atoms with Crippen molar-refractivity contribution in [3.63, 3.8) is 0 Å². The lowest BCUT2D eigenvalue weighted by molar-refractivity contribution is -0.129. The van der Waals surface area contributed by atoms with Crippen LogP contribution in [0.5, 0.6) is 0 Å². The molecule has 2 bridgehead atoms. The Kier molecular flexibility index (Phi) is 5.37. The third kappa shape index (κ3) is 3.32. The van der Waals surface area contributed by atoms with Crippen molar-refractivity contribution in [3.8, 4) is 0 Å². The van der Waals surface area contributed by atoms with Gasteiger partial charge in [-0.05, 0) is 72.7 Å². The van der Waals surface area contributed by atoms with Crippen molar-refractivity contribution in [2.24, 2.45) is 41.4 Å². The number of hydrogen-bond donors (Lipinski definition) is 0. The van der Waals surface area contributed by atoms with Crippen LogP contribution >= 0.6 is 0 Å². The van der Waals surface area contributed by atoms with Crippen LogP contribution in [0.25, 0.3) is 5.57 Å². The zero-order valence-electron chi connectivity index (χ0n) is 23.4. The van der Waals surface area contributed by atoms with Gasteiger partial charge in [0.1, 0.15) is 0 Å². The Balaban J connectivity index is 1.29. The maximum atomic E-state index is 14.3. The number of nitrogens with zero attached hydrogens (tertiary/aromatic N) is 2. The van der Waals surface area contributed by atoms with Crippen LogP contribution in [-0.4, -0.2) is 23.6 Å². The average Bonchev–Trinajstić information content (AvgIpc) is 3.42. The fourth-order valence-electron chi connectivity index (χ4n) is 8.56. The first-order chi connectivity index (χ1) is 20.3. The summed E-state index contributed by atoms with van der Waals surface area (Å²) in [5.74, 6) is -3.90. The van der Waals surface area contributed by atoms with E-state index >= 15 is 0 Å². The Labute approximate surface area is 244 Å². The van der Waals surface area contributed by atoms with Crippen molar-refractivity contribution in [2.75, 3.05) is 9.80 Å². The first kappa shape index (κ1) is 25.2. The van der Waals surface area contributed by atoms with E-state index < -0.39 is 23.7 Å². The summed E-state index contributed by atoms with van der Waals surface area (Å²) in [4.78, 5) is 59.3. The van der Waals surface area contributed by atoms with E-state index in [9.17, 15) is 19.2 Å². The number of anilines is 2. The number of fused-ring (bicyclic) bond motifs is 1. The van der Waals surface area contributed by atoms with Crippen molar-refractivity contribution in [3.05, 3.63) is 113 Å². The van der Waals surface area contributed by atoms with E-state index in [1.165, 1.54) is 9.80 Å². The van der Waals surface area contributed by atoms with E-state index in [-0.39, 0.29) is 41.4 Å². The molecule has 7 atom stereocenters. The predicted octanol–water partition coefficient (Wildman–Crippen LogP) is 5.50. The molecule has 208 valence electrons. The second kappa shape index (κ2) is 8.96. The highest BCUT2D eigenvalue weighted by molar-refractivity contribution is 6.24. The van der Waals surface area contributed by atoms with Gasteiger partial charge < -0.3 is 0 Å². The van der Waals surface area contributed by atoms with Crippen LogP contribution in [0, 0.1) is 55.3 Å². The second-order valence-corrected chi connectivity index (χ2v) is 12.4. The monoisotopic (exact) mass is 554 g/mol. The molecule has 9 rings (SSSR count). The number of rotatable bonds is 3. The molecule has 0 radical (unpaired) electrons. The maximum Gasteiger partial charge on any atom is 0.238 e. The van der Waals surface area contributed by atoms with Crippen LogP contribution in [0.1, 0.15) is 23.1 Å². The minimum Gasteiger partial charge on any atom is -0.274 e. The van der Waals surface area contributed by atoms with E-state index in [4.69, 9.17) is 0 Å². The normalized spacial score (nSPS) is 31.1. The SMILES string of the molecule is Cc1cccc(N2C(=O)[C@@H]3[C@H]4C=C[C@H](C5=C(c6ccccc6)C[C@@H]6C(=O)N(c7cccc(C)c7)C(=O)[C@H]6[C@H]54)[C@H]3C2=O)c1. The molecular formula is C36H30N2O4. The molecule has 0 unspecified atom stereocenters. The van der Waals surface area contributed by atoms with Crippen LogP contribution in [0.4, 0.5) is 11.4 Å². The minimum atomic E-state index is -0.574. The van der Waals surface area contributed by atoms with Gasteiger partial charge in [0.25, 0.3) is 0 Å². The molecule has 4 aliphatic carbocycles. The first-order valence-electron chi connectivity index (χ1n) is 14.7. The van der Waals surface area contributed by atoms with Crippen molar-refractivity contribution < 1.29 is 19.2 Å². The van der Waals surface area contributed by atoms with E-state index in [0.29, 0.717) is 17.8 Å². The second-order valence-electron chi connectivity index (χ2n) is 12.4. The molecule has 3 aromatic carbocycles. The van der Waals surface area contributed by atoms with Gasteiger partial charge in [0.05, 0.1) is 35.0 Å². The van der Waals surface area contributed by atoms with Gasteiger partial charge in [0.2, 0.25) is 23.6 Å². The summed E-state index contributed by atoms with van der Waals surface area (Å²) in [6.45, 7) is 3.89. The summed E-state index contributed by atoms with van der Waals surface area (Å²) < 4.78 is 0. The highest BCUT2D eigenvalue weighted by atomic mass is 16.2. The molecule has 0 N–H and O–H groups in total. The molecule has 6 heteroatoms. The molecule has 1 saturated carbocycles. The number of carbonyl (C=O) groups excluding carboxylic acids is 4. The number of allylic oxidation sites excluding steroid dienone is 4. The van der Waals surface area contributed by atoms with Crippen LogP contribution < -0.4 is 9.80 Å². The summed E-state index contributed by atoms with van der Waals surface area (Å²) in [6.07, 6.45) is 4.58. The molecule has 0 aromatic heterocycles. The molecule has 42 heavy (non-hydrogen) atoms. The van der Waals surface area contributed by atoms with E-state index in [2.05, 4.69) is 12.2 Å². The number of hydrogen-bond acceptors (Lipinski definition) is 4. The predicted molar refractivity (Wildman–Crippen MR) is 159 cm³/mol. The number of benzene rings is 3. The fraction of sp³-hybridized carbons (Fsp3) is 0.278. The molecular weight excluding hydrogens is 524 g/mol.